The third-order valence-corrected chi connectivity index (χ3v) is 6.06. The van der Waals surface area contributed by atoms with Crippen molar-refractivity contribution in [1.82, 2.24) is 24.3 Å². The Balaban J connectivity index is 1.42. The van der Waals surface area contributed by atoms with Gasteiger partial charge >= 0.3 is 0 Å². The molecule has 0 amide bonds. The fourth-order valence-electron chi connectivity index (χ4n) is 3.88. The van der Waals surface area contributed by atoms with E-state index in [0.717, 1.165) is 35.3 Å². The predicted molar refractivity (Wildman–Crippen MR) is 134 cm³/mol. The first-order valence-corrected chi connectivity index (χ1v) is 11.7. The molecule has 0 saturated carbocycles. The van der Waals surface area contributed by atoms with Gasteiger partial charge in [0.25, 0.3) is 5.56 Å². The van der Waals surface area contributed by atoms with Gasteiger partial charge < -0.3 is 13.8 Å². The molecule has 0 atom stereocenters. The van der Waals surface area contributed by atoms with Crippen LogP contribution in [-0.2, 0) is 6.54 Å². The van der Waals surface area contributed by atoms with Crippen molar-refractivity contribution in [3.63, 3.8) is 0 Å². The van der Waals surface area contributed by atoms with Crippen LogP contribution in [0.4, 0.5) is 0 Å². The van der Waals surface area contributed by atoms with Crippen LogP contribution in [0.5, 0.6) is 5.75 Å². The zero-order chi connectivity index (χ0) is 24.4. The summed E-state index contributed by atoms with van der Waals surface area (Å²) in [6.45, 7) is 7.04. The molecule has 0 fully saturated rings. The highest BCUT2D eigenvalue weighted by Gasteiger charge is 2.15. The molecule has 8 nitrogen and oxygen atoms in total. The first kappa shape index (κ1) is 22.6. The van der Waals surface area contributed by atoms with Crippen molar-refractivity contribution in [2.24, 2.45) is 0 Å². The Morgan fingerprint density at radius 1 is 1.03 bits per heavy atom. The van der Waals surface area contributed by atoms with E-state index >= 15 is 0 Å². The maximum Gasteiger partial charge on any atom is 0.277 e. The number of nitrogens with zero attached hydrogens (tertiary/aromatic N) is 5. The normalized spacial score (nSPS) is 11.3. The molecule has 0 spiro atoms. The first-order valence-electron chi connectivity index (χ1n) is 11.7. The molecular weight excluding hydrogens is 442 g/mol. The molecule has 0 aliphatic heterocycles. The van der Waals surface area contributed by atoms with Gasteiger partial charge in [0, 0.05) is 23.5 Å². The maximum absolute atomic E-state index is 13.2. The lowest BCUT2D eigenvalue weighted by atomic mass is 10.1. The van der Waals surface area contributed by atoms with Crippen molar-refractivity contribution in [3.05, 3.63) is 88.3 Å². The summed E-state index contributed by atoms with van der Waals surface area (Å²) in [5.41, 5.74) is 5.04. The van der Waals surface area contributed by atoms with E-state index in [9.17, 15) is 4.79 Å². The molecule has 0 N–H and O–H groups in total. The number of unbranched alkanes of at least 4 members (excludes halogenated alkanes) is 1. The molecule has 0 aliphatic rings. The second-order valence-electron chi connectivity index (χ2n) is 8.60. The molecule has 0 aliphatic carbocycles. The summed E-state index contributed by atoms with van der Waals surface area (Å²) < 4.78 is 14.5. The fraction of sp³-hybridized carbons (Fsp3) is 0.259. The highest BCUT2D eigenvalue weighted by atomic mass is 16.5. The number of ether oxygens (including phenoxy) is 1. The van der Waals surface area contributed by atoms with Crippen molar-refractivity contribution in [3.8, 4) is 28.4 Å². The van der Waals surface area contributed by atoms with Crippen molar-refractivity contribution < 1.29 is 9.26 Å². The molecule has 178 valence electrons. The molecule has 0 radical (unpaired) electrons. The van der Waals surface area contributed by atoms with Gasteiger partial charge in [-0.3, -0.25) is 4.79 Å². The lowest BCUT2D eigenvalue weighted by Crippen LogP contribution is -2.21. The highest BCUT2D eigenvalue weighted by Crippen LogP contribution is 2.29. The van der Waals surface area contributed by atoms with Gasteiger partial charge in [0.15, 0.2) is 0 Å². The number of hydrogen-bond donors (Lipinski definition) is 0. The number of aromatic nitrogens is 5. The van der Waals surface area contributed by atoms with Crippen molar-refractivity contribution in [2.45, 2.75) is 40.2 Å². The van der Waals surface area contributed by atoms with Crippen molar-refractivity contribution >= 4 is 5.52 Å². The van der Waals surface area contributed by atoms with Gasteiger partial charge in [-0.15, -0.1) is 0 Å². The molecule has 2 aromatic carbocycles. The fourth-order valence-corrected chi connectivity index (χ4v) is 3.88. The van der Waals surface area contributed by atoms with Crippen LogP contribution < -0.4 is 10.3 Å². The summed E-state index contributed by atoms with van der Waals surface area (Å²) in [5.74, 6) is 1.62. The summed E-state index contributed by atoms with van der Waals surface area (Å²) in [5, 5.41) is 8.71. The summed E-state index contributed by atoms with van der Waals surface area (Å²) in [6.07, 6.45) is 5.46. The minimum Gasteiger partial charge on any atom is -0.493 e. The average Bonchev–Trinajstić information content (AvgIpc) is 3.51. The van der Waals surface area contributed by atoms with Crippen LogP contribution in [0.3, 0.4) is 0 Å². The monoisotopic (exact) mass is 469 g/mol. The number of fused-ring (bicyclic) bond motifs is 1. The van der Waals surface area contributed by atoms with E-state index in [-0.39, 0.29) is 12.1 Å². The zero-order valence-electron chi connectivity index (χ0n) is 20.1. The van der Waals surface area contributed by atoms with Crippen LogP contribution in [-0.4, -0.2) is 30.9 Å². The molecule has 0 saturated heterocycles. The average molecular weight is 470 g/mol. The molecule has 0 unspecified atom stereocenters. The minimum atomic E-state index is -0.193. The SMILES string of the molecule is CCCCOc1ccccc1-c1cc2c(=O)n(Cc3nc(-c4ccc(C)c(C)c4)no3)ccn2n1. The Morgan fingerprint density at radius 2 is 1.89 bits per heavy atom. The zero-order valence-corrected chi connectivity index (χ0v) is 20.1. The smallest absolute Gasteiger partial charge is 0.277 e. The Kier molecular flexibility index (Phi) is 6.18. The number of para-hydroxylation sites is 1. The van der Waals surface area contributed by atoms with Gasteiger partial charge in [-0.1, -0.05) is 42.8 Å². The van der Waals surface area contributed by atoms with Crippen LogP contribution in [0.25, 0.3) is 28.2 Å². The van der Waals surface area contributed by atoms with Gasteiger partial charge in [0.05, 0.1) is 12.3 Å². The van der Waals surface area contributed by atoms with E-state index in [1.807, 2.05) is 49.4 Å². The molecule has 3 aromatic heterocycles. The van der Waals surface area contributed by atoms with E-state index < -0.39 is 0 Å². The maximum atomic E-state index is 13.2. The number of aryl methyl sites for hydroxylation is 2. The Bertz CT molecular complexity index is 1550. The van der Waals surface area contributed by atoms with E-state index in [4.69, 9.17) is 9.26 Å². The van der Waals surface area contributed by atoms with E-state index in [1.54, 1.807) is 27.5 Å². The summed E-state index contributed by atoms with van der Waals surface area (Å²) in [4.78, 5) is 17.7. The van der Waals surface area contributed by atoms with Gasteiger partial charge in [-0.2, -0.15) is 10.1 Å². The lowest BCUT2D eigenvalue weighted by molar-refractivity contribution is 0.310. The third kappa shape index (κ3) is 4.59. The number of hydrogen-bond acceptors (Lipinski definition) is 6. The van der Waals surface area contributed by atoms with Crippen LogP contribution in [0.1, 0.15) is 36.8 Å². The topological polar surface area (TPSA) is 87.5 Å². The van der Waals surface area contributed by atoms with Gasteiger partial charge in [0.2, 0.25) is 11.7 Å². The van der Waals surface area contributed by atoms with E-state index in [1.165, 1.54) is 5.56 Å². The van der Waals surface area contributed by atoms with Crippen LogP contribution in [0.2, 0.25) is 0 Å². The highest BCUT2D eigenvalue weighted by molar-refractivity contribution is 5.71. The molecule has 5 aromatic rings. The van der Waals surface area contributed by atoms with Crippen molar-refractivity contribution in [1.29, 1.82) is 0 Å². The van der Waals surface area contributed by atoms with E-state index in [2.05, 4.69) is 29.1 Å². The van der Waals surface area contributed by atoms with Gasteiger partial charge in [-0.05, 0) is 55.7 Å². The standard InChI is InChI=1S/C27H27N5O3/c1-4-5-14-34-24-9-7-6-8-21(24)22-16-23-27(33)31(12-13-32(23)29-22)17-25-28-26(30-35-25)20-11-10-18(2)19(3)15-20/h6-13,15-16H,4-5,14,17H2,1-3H3. The molecule has 0 bridgehead atoms. The third-order valence-electron chi connectivity index (χ3n) is 6.06. The minimum absolute atomic E-state index is 0.171. The Morgan fingerprint density at radius 3 is 2.71 bits per heavy atom. The van der Waals surface area contributed by atoms with Gasteiger partial charge in [-0.25, -0.2) is 4.52 Å². The lowest BCUT2D eigenvalue weighted by Gasteiger charge is -2.09. The Labute approximate surface area is 202 Å². The number of benzene rings is 2. The van der Waals surface area contributed by atoms with Gasteiger partial charge in [0.1, 0.15) is 17.8 Å². The first-order chi connectivity index (χ1) is 17.0. The molecule has 5 rings (SSSR count). The van der Waals surface area contributed by atoms with E-state index in [0.29, 0.717) is 29.5 Å². The molecule has 35 heavy (non-hydrogen) atoms. The molecule has 8 heteroatoms. The second kappa shape index (κ2) is 9.58. The quantitative estimate of drug-likeness (QED) is 0.295. The van der Waals surface area contributed by atoms with Crippen LogP contribution in [0, 0.1) is 13.8 Å². The predicted octanol–water partition coefficient (Wildman–Crippen LogP) is 5.06. The molecular formula is C27H27N5O3. The molecule has 3 heterocycles. The summed E-state index contributed by atoms with van der Waals surface area (Å²) in [7, 11) is 0. The summed E-state index contributed by atoms with van der Waals surface area (Å²) in [6, 6.07) is 15.6. The largest absolute Gasteiger partial charge is 0.493 e. The second-order valence-corrected chi connectivity index (χ2v) is 8.60. The number of rotatable bonds is 8. The Hall–Kier alpha value is -4.20. The van der Waals surface area contributed by atoms with Crippen molar-refractivity contribution in [2.75, 3.05) is 6.61 Å². The van der Waals surface area contributed by atoms with Crippen LogP contribution >= 0.6 is 0 Å². The summed E-state index contributed by atoms with van der Waals surface area (Å²) >= 11 is 0. The van der Waals surface area contributed by atoms with Crippen LogP contribution in [0.15, 0.2) is 70.2 Å².